The molecule has 1 N–H and O–H groups in total. The number of hydrogen-bond donors (Lipinski definition) is 1. The number of benzene rings is 2. The van der Waals surface area contributed by atoms with Crippen LogP contribution in [0.2, 0.25) is 10.0 Å². The van der Waals surface area contributed by atoms with Crippen molar-refractivity contribution in [3.05, 3.63) is 69.7 Å². The molecule has 9 heteroatoms. The molecular weight excluding hydrogens is 452 g/mol. The van der Waals surface area contributed by atoms with Gasteiger partial charge in [-0.25, -0.2) is 0 Å². The minimum Gasteiger partial charge on any atom is -0.392 e. The molecule has 1 aliphatic rings. The summed E-state index contributed by atoms with van der Waals surface area (Å²) in [5, 5.41) is 10.4. The van der Waals surface area contributed by atoms with Crippen LogP contribution in [0.4, 0.5) is 13.2 Å². The first-order chi connectivity index (χ1) is 14.6. The topological polar surface area (TPSA) is 43.8 Å². The Labute approximate surface area is 189 Å². The number of carbonyl (C=O) groups excluding carboxylic acids is 1. The molecule has 1 aliphatic heterocycles. The third kappa shape index (κ3) is 6.84. The van der Waals surface area contributed by atoms with E-state index >= 15 is 0 Å². The summed E-state index contributed by atoms with van der Waals surface area (Å²) in [4.78, 5) is 15.9. The van der Waals surface area contributed by atoms with Crippen molar-refractivity contribution in [1.29, 1.82) is 0 Å². The number of β-amino-alcohol motifs (C(OH)–C–C–N with tert-alkyl or cyclic N) is 1. The van der Waals surface area contributed by atoms with Crippen molar-refractivity contribution in [2.45, 2.75) is 31.2 Å². The van der Waals surface area contributed by atoms with Gasteiger partial charge in [0.05, 0.1) is 28.6 Å². The summed E-state index contributed by atoms with van der Waals surface area (Å²) in [6.07, 6.45) is -4.76. The lowest BCUT2D eigenvalue weighted by atomic mass is 10.0. The molecule has 0 saturated carbocycles. The minimum absolute atomic E-state index is 0.199. The maximum absolute atomic E-state index is 13.5. The van der Waals surface area contributed by atoms with Crippen LogP contribution in [0.25, 0.3) is 0 Å². The van der Waals surface area contributed by atoms with Crippen LogP contribution in [0.15, 0.2) is 48.5 Å². The molecule has 0 aliphatic carbocycles. The van der Waals surface area contributed by atoms with Crippen LogP contribution in [0.3, 0.4) is 0 Å². The molecule has 0 bridgehead atoms. The number of aliphatic hydroxyl groups is 1. The van der Waals surface area contributed by atoms with E-state index in [1.807, 2.05) is 4.90 Å². The molecular formula is C22H23Cl2F3N2O2. The standard InChI is InChI=1S/C22H23Cl2F3N2O2/c23-18-7-6-15(10-19(18)24)11-21(31)29(14-22(25,26)27)20(16-4-2-1-3-5-16)13-28-9-8-17(30)12-28/h1-7,10,17,20,30H,8-9,11-14H2/t17-,20+/m0/s1. The third-order valence-electron chi connectivity index (χ3n) is 5.25. The number of aliphatic hydroxyl groups excluding tert-OH is 1. The summed E-state index contributed by atoms with van der Waals surface area (Å²) < 4.78 is 40.5. The number of carbonyl (C=O) groups is 1. The summed E-state index contributed by atoms with van der Waals surface area (Å²) in [5.41, 5.74) is 1.09. The van der Waals surface area contributed by atoms with E-state index in [0.29, 0.717) is 35.7 Å². The molecule has 4 nitrogen and oxygen atoms in total. The Bertz CT molecular complexity index is 896. The molecule has 1 heterocycles. The maximum Gasteiger partial charge on any atom is 0.406 e. The molecule has 168 valence electrons. The average molecular weight is 475 g/mol. The third-order valence-corrected chi connectivity index (χ3v) is 5.99. The van der Waals surface area contributed by atoms with E-state index in [-0.39, 0.29) is 18.0 Å². The van der Waals surface area contributed by atoms with Gasteiger partial charge < -0.3 is 10.0 Å². The molecule has 0 aromatic heterocycles. The molecule has 0 radical (unpaired) electrons. The lowest BCUT2D eigenvalue weighted by Crippen LogP contribution is -2.46. The molecule has 1 amide bonds. The van der Waals surface area contributed by atoms with Crippen molar-refractivity contribution in [2.24, 2.45) is 0 Å². The Morgan fingerprint density at radius 2 is 1.87 bits per heavy atom. The molecule has 3 rings (SSSR count). The first-order valence-electron chi connectivity index (χ1n) is 9.88. The van der Waals surface area contributed by atoms with Gasteiger partial charge in [0.25, 0.3) is 0 Å². The van der Waals surface area contributed by atoms with E-state index in [2.05, 4.69) is 0 Å². The van der Waals surface area contributed by atoms with Crippen molar-refractivity contribution in [2.75, 3.05) is 26.2 Å². The number of halogens is 5. The first kappa shape index (κ1) is 23.9. The number of rotatable bonds is 7. The highest BCUT2D eigenvalue weighted by Crippen LogP contribution is 2.30. The molecule has 2 aromatic carbocycles. The average Bonchev–Trinajstić information content (AvgIpc) is 3.12. The fraction of sp³-hybridized carbons (Fsp3) is 0.409. The Kier molecular flexibility index (Phi) is 7.86. The summed E-state index contributed by atoms with van der Waals surface area (Å²) >= 11 is 11.9. The summed E-state index contributed by atoms with van der Waals surface area (Å²) in [6.45, 7) is -0.247. The Morgan fingerprint density at radius 1 is 1.16 bits per heavy atom. The molecule has 1 saturated heterocycles. The smallest absolute Gasteiger partial charge is 0.392 e. The summed E-state index contributed by atoms with van der Waals surface area (Å²) in [5.74, 6) is -0.663. The van der Waals surface area contributed by atoms with Crippen molar-refractivity contribution >= 4 is 29.1 Å². The predicted molar refractivity (Wildman–Crippen MR) is 114 cm³/mol. The fourth-order valence-corrected chi connectivity index (χ4v) is 4.09. The zero-order valence-electron chi connectivity index (χ0n) is 16.7. The van der Waals surface area contributed by atoms with Gasteiger partial charge in [0.15, 0.2) is 0 Å². The zero-order chi connectivity index (χ0) is 22.6. The van der Waals surface area contributed by atoms with Gasteiger partial charge in [-0.15, -0.1) is 0 Å². The Hall–Kier alpha value is -1.80. The Balaban J connectivity index is 1.91. The van der Waals surface area contributed by atoms with Gasteiger partial charge in [0.2, 0.25) is 5.91 Å². The van der Waals surface area contributed by atoms with Crippen LogP contribution in [0, 0.1) is 0 Å². The lowest BCUT2D eigenvalue weighted by molar-refractivity contribution is -0.166. The van der Waals surface area contributed by atoms with Crippen LogP contribution in [0.5, 0.6) is 0 Å². The van der Waals surface area contributed by atoms with Gasteiger partial charge in [-0.3, -0.25) is 9.69 Å². The van der Waals surface area contributed by atoms with Crippen LogP contribution in [-0.4, -0.2) is 59.3 Å². The predicted octanol–water partition coefficient (Wildman–Crippen LogP) is 4.73. The van der Waals surface area contributed by atoms with Gasteiger partial charge in [-0.05, 0) is 29.7 Å². The minimum atomic E-state index is -4.56. The Morgan fingerprint density at radius 3 is 2.45 bits per heavy atom. The van der Waals surface area contributed by atoms with Crippen LogP contribution < -0.4 is 0 Å². The highest BCUT2D eigenvalue weighted by molar-refractivity contribution is 6.42. The van der Waals surface area contributed by atoms with Crippen LogP contribution in [-0.2, 0) is 11.2 Å². The maximum atomic E-state index is 13.5. The number of alkyl halides is 3. The highest BCUT2D eigenvalue weighted by Gasteiger charge is 2.38. The SMILES string of the molecule is O=C(Cc1ccc(Cl)c(Cl)c1)N(CC(F)(F)F)[C@H](CN1CC[C@H](O)C1)c1ccccc1. The second-order valence-corrected chi connectivity index (χ2v) is 8.51. The molecule has 0 unspecified atom stereocenters. The number of nitrogens with zero attached hydrogens (tertiary/aromatic N) is 2. The van der Waals surface area contributed by atoms with E-state index in [9.17, 15) is 23.1 Å². The van der Waals surface area contributed by atoms with Gasteiger partial charge in [0.1, 0.15) is 6.54 Å². The van der Waals surface area contributed by atoms with Crippen LogP contribution in [0.1, 0.15) is 23.6 Å². The van der Waals surface area contributed by atoms with Gasteiger partial charge in [0, 0.05) is 19.6 Å². The summed E-state index contributed by atoms with van der Waals surface area (Å²) in [7, 11) is 0. The quantitative estimate of drug-likeness (QED) is 0.630. The molecule has 2 atom stereocenters. The second-order valence-electron chi connectivity index (χ2n) is 7.69. The van der Waals surface area contributed by atoms with E-state index in [1.54, 1.807) is 36.4 Å². The normalized spacial score (nSPS) is 18.2. The van der Waals surface area contributed by atoms with Crippen molar-refractivity contribution in [3.63, 3.8) is 0 Å². The van der Waals surface area contributed by atoms with Gasteiger partial charge in [-0.2, -0.15) is 13.2 Å². The molecule has 1 fully saturated rings. The second kappa shape index (κ2) is 10.2. The fourth-order valence-electron chi connectivity index (χ4n) is 3.77. The number of amides is 1. The monoisotopic (exact) mass is 474 g/mol. The van der Waals surface area contributed by atoms with Crippen molar-refractivity contribution in [1.82, 2.24) is 9.80 Å². The molecule has 31 heavy (non-hydrogen) atoms. The lowest BCUT2D eigenvalue weighted by Gasteiger charge is -2.35. The highest BCUT2D eigenvalue weighted by atomic mass is 35.5. The van der Waals surface area contributed by atoms with Crippen molar-refractivity contribution < 1.29 is 23.1 Å². The van der Waals surface area contributed by atoms with E-state index < -0.39 is 30.8 Å². The van der Waals surface area contributed by atoms with Gasteiger partial charge in [-0.1, -0.05) is 59.6 Å². The van der Waals surface area contributed by atoms with E-state index in [4.69, 9.17) is 23.2 Å². The summed E-state index contributed by atoms with van der Waals surface area (Å²) in [6, 6.07) is 12.4. The van der Waals surface area contributed by atoms with Crippen LogP contribution >= 0.6 is 23.2 Å². The van der Waals surface area contributed by atoms with E-state index in [0.717, 1.165) is 4.90 Å². The molecule has 0 spiro atoms. The number of hydrogen-bond acceptors (Lipinski definition) is 3. The van der Waals surface area contributed by atoms with Gasteiger partial charge >= 0.3 is 6.18 Å². The first-order valence-corrected chi connectivity index (χ1v) is 10.6. The largest absolute Gasteiger partial charge is 0.406 e. The number of likely N-dealkylation sites (tertiary alicyclic amines) is 1. The van der Waals surface area contributed by atoms with E-state index in [1.165, 1.54) is 12.1 Å². The molecule has 2 aromatic rings. The zero-order valence-corrected chi connectivity index (χ0v) is 18.2. The van der Waals surface area contributed by atoms with Crippen molar-refractivity contribution in [3.8, 4) is 0 Å².